The van der Waals surface area contributed by atoms with Crippen LogP contribution in [0.1, 0.15) is 27.7 Å². The van der Waals surface area contributed by atoms with E-state index in [0.29, 0.717) is 5.56 Å². The lowest BCUT2D eigenvalue weighted by Gasteiger charge is -2.30. The average molecular weight is 408 g/mol. The van der Waals surface area contributed by atoms with Gasteiger partial charge in [-0.3, -0.25) is 0 Å². The topological polar surface area (TPSA) is 77.8 Å². The number of fused-ring (bicyclic) bond motifs is 1. The van der Waals surface area contributed by atoms with Crippen molar-refractivity contribution in [2.75, 3.05) is 0 Å². The fourth-order valence-corrected chi connectivity index (χ4v) is 4.66. The highest BCUT2D eigenvalue weighted by molar-refractivity contribution is 7.19. The maximum absolute atomic E-state index is 12.6. The number of nitriles is 1. The Balaban J connectivity index is 1.75. The molecule has 0 spiro atoms. The van der Waals surface area contributed by atoms with Gasteiger partial charge in [-0.15, -0.1) is 11.3 Å². The number of aromatic nitrogens is 1. The maximum atomic E-state index is 12.6. The van der Waals surface area contributed by atoms with Crippen molar-refractivity contribution in [3.05, 3.63) is 101 Å². The summed E-state index contributed by atoms with van der Waals surface area (Å²) in [4.78, 5) is 17.4. The number of carbonyl (C=O) groups is 1. The number of amides is 2. The van der Waals surface area contributed by atoms with E-state index in [9.17, 15) is 4.79 Å². The minimum absolute atomic E-state index is 0.270. The molecule has 0 unspecified atom stereocenters. The molecule has 4 aromatic rings. The first kappa shape index (κ1) is 18.1. The molecule has 2 N–H and O–H groups in total. The molecule has 0 saturated heterocycles. The van der Waals surface area contributed by atoms with Crippen molar-refractivity contribution in [3.8, 4) is 6.07 Å². The monoisotopic (exact) mass is 408 g/mol. The third kappa shape index (κ3) is 3.21. The van der Waals surface area contributed by atoms with Crippen LogP contribution in [0.4, 0.5) is 4.79 Å². The van der Waals surface area contributed by atoms with Crippen LogP contribution in [0.15, 0.2) is 78.9 Å². The van der Waals surface area contributed by atoms with Crippen LogP contribution in [-0.4, -0.2) is 11.0 Å². The smallest absolute Gasteiger partial charge is 0.320 e. The Kier molecular flexibility index (Phi) is 4.51. The molecule has 0 bridgehead atoms. The summed E-state index contributed by atoms with van der Waals surface area (Å²) in [7, 11) is 0. The predicted octanol–water partition coefficient (Wildman–Crippen LogP) is 5.09. The van der Waals surface area contributed by atoms with Crippen molar-refractivity contribution < 1.29 is 4.79 Å². The van der Waals surface area contributed by atoms with Gasteiger partial charge >= 0.3 is 6.03 Å². The summed E-state index contributed by atoms with van der Waals surface area (Å²) in [5, 5.41) is 16.0. The second kappa shape index (κ2) is 7.47. The van der Waals surface area contributed by atoms with Gasteiger partial charge in [0.2, 0.25) is 0 Å². The molecule has 0 aliphatic carbocycles. The first-order valence-electron chi connectivity index (χ1n) is 9.46. The summed E-state index contributed by atoms with van der Waals surface area (Å²) >= 11 is 1.60. The summed E-state index contributed by atoms with van der Waals surface area (Å²) in [6.45, 7) is 0. The molecule has 0 saturated carbocycles. The van der Waals surface area contributed by atoms with Gasteiger partial charge in [0.15, 0.2) is 0 Å². The molecule has 1 aromatic heterocycles. The van der Waals surface area contributed by atoms with Crippen molar-refractivity contribution in [2.45, 2.75) is 6.04 Å². The SMILES string of the molecule is N#Cc1ccc([C@H]2NC(=O)NC(c3ccccc3)=C2c2nc3ccccc3s2)cc1. The summed E-state index contributed by atoms with van der Waals surface area (Å²) < 4.78 is 1.09. The molecule has 5 nitrogen and oxygen atoms in total. The van der Waals surface area contributed by atoms with Gasteiger partial charge in [-0.2, -0.15) is 5.26 Å². The van der Waals surface area contributed by atoms with E-state index in [2.05, 4.69) is 16.7 Å². The Morgan fingerprint density at radius 3 is 2.40 bits per heavy atom. The van der Waals surface area contributed by atoms with Crippen LogP contribution in [0.25, 0.3) is 21.5 Å². The van der Waals surface area contributed by atoms with Crippen molar-refractivity contribution in [1.82, 2.24) is 15.6 Å². The van der Waals surface area contributed by atoms with E-state index in [0.717, 1.165) is 37.6 Å². The highest BCUT2D eigenvalue weighted by Crippen LogP contribution is 2.40. The predicted molar refractivity (Wildman–Crippen MR) is 118 cm³/mol. The molecule has 144 valence electrons. The van der Waals surface area contributed by atoms with E-state index in [4.69, 9.17) is 10.2 Å². The lowest BCUT2D eigenvalue weighted by Crippen LogP contribution is -2.42. The van der Waals surface area contributed by atoms with Crippen molar-refractivity contribution in [2.24, 2.45) is 0 Å². The molecule has 0 fully saturated rings. The van der Waals surface area contributed by atoms with Crippen molar-refractivity contribution in [3.63, 3.8) is 0 Å². The van der Waals surface area contributed by atoms with Crippen LogP contribution < -0.4 is 10.6 Å². The number of nitrogens with one attached hydrogen (secondary N) is 2. The number of hydrogen-bond donors (Lipinski definition) is 2. The van der Waals surface area contributed by atoms with E-state index < -0.39 is 0 Å². The van der Waals surface area contributed by atoms with Gasteiger partial charge in [-0.05, 0) is 35.4 Å². The minimum atomic E-state index is -0.387. The van der Waals surface area contributed by atoms with Crippen LogP contribution in [0.2, 0.25) is 0 Å². The Hall–Kier alpha value is -3.95. The van der Waals surface area contributed by atoms with E-state index in [1.165, 1.54) is 0 Å². The Morgan fingerprint density at radius 2 is 1.67 bits per heavy atom. The van der Waals surface area contributed by atoms with E-state index >= 15 is 0 Å². The number of carbonyl (C=O) groups excluding carboxylic acids is 1. The molecular weight excluding hydrogens is 392 g/mol. The number of benzene rings is 3. The fraction of sp³-hybridized carbons (Fsp3) is 0.0417. The van der Waals surface area contributed by atoms with Gasteiger partial charge < -0.3 is 10.6 Å². The average Bonchev–Trinajstić information content (AvgIpc) is 3.23. The standard InChI is InChI=1S/C24H16N4OS/c25-14-15-10-12-17(13-11-15)22-20(23-26-18-8-4-5-9-19(18)30-23)21(27-24(29)28-22)16-6-2-1-3-7-16/h1-13,22H,(H2,27,28,29)/t22-/m1/s1. The van der Waals surface area contributed by atoms with E-state index in [1.807, 2.05) is 66.7 Å². The molecular formula is C24H16N4OS. The van der Waals surface area contributed by atoms with Gasteiger partial charge in [-0.1, -0.05) is 54.6 Å². The zero-order valence-electron chi connectivity index (χ0n) is 15.8. The molecule has 2 amide bonds. The van der Waals surface area contributed by atoms with Crippen LogP contribution >= 0.6 is 11.3 Å². The fourth-order valence-electron chi connectivity index (χ4n) is 3.61. The maximum Gasteiger partial charge on any atom is 0.320 e. The third-order valence-corrected chi connectivity index (χ3v) is 6.10. The van der Waals surface area contributed by atoms with Crippen molar-refractivity contribution in [1.29, 1.82) is 5.26 Å². The quantitative estimate of drug-likeness (QED) is 0.496. The zero-order valence-corrected chi connectivity index (χ0v) is 16.6. The molecule has 5 rings (SSSR count). The normalized spacial score (nSPS) is 16.1. The number of hydrogen-bond acceptors (Lipinski definition) is 4. The summed E-state index contributed by atoms with van der Waals surface area (Å²) in [5.74, 6) is 0. The van der Waals surface area contributed by atoms with Gasteiger partial charge in [0.05, 0.1) is 33.6 Å². The third-order valence-electron chi connectivity index (χ3n) is 5.03. The van der Waals surface area contributed by atoms with E-state index in [-0.39, 0.29) is 12.1 Å². The molecule has 0 radical (unpaired) electrons. The molecule has 1 aliphatic heterocycles. The van der Waals surface area contributed by atoms with Gasteiger partial charge in [0, 0.05) is 5.57 Å². The van der Waals surface area contributed by atoms with Gasteiger partial charge in [0.25, 0.3) is 0 Å². The molecule has 3 aromatic carbocycles. The highest BCUT2D eigenvalue weighted by Gasteiger charge is 2.31. The Bertz CT molecular complexity index is 1280. The summed E-state index contributed by atoms with van der Waals surface area (Å²) in [6, 6.07) is 26.6. The summed E-state index contributed by atoms with van der Waals surface area (Å²) in [6.07, 6.45) is 0. The first-order chi connectivity index (χ1) is 14.7. The Labute approximate surface area is 177 Å². The first-order valence-corrected chi connectivity index (χ1v) is 10.3. The molecule has 1 atom stereocenters. The highest BCUT2D eigenvalue weighted by atomic mass is 32.1. The minimum Gasteiger partial charge on any atom is -0.327 e. The number of rotatable bonds is 3. The van der Waals surface area contributed by atoms with Crippen LogP contribution in [-0.2, 0) is 0 Å². The summed E-state index contributed by atoms with van der Waals surface area (Å²) in [5.41, 5.74) is 4.96. The lowest BCUT2D eigenvalue weighted by atomic mass is 9.92. The van der Waals surface area contributed by atoms with E-state index in [1.54, 1.807) is 23.5 Å². The van der Waals surface area contributed by atoms with Gasteiger partial charge in [0.1, 0.15) is 5.01 Å². The number of thiazole rings is 1. The number of nitrogens with zero attached hydrogens (tertiary/aromatic N) is 2. The van der Waals surface area contributed by atoms with Crippen LogP contribution in [0.5, 0.6) is 0 Å². The van der Waals surface area contributed by atoms with Gasteiger partial charge in [-0.25, -0.2) is 9.78 Å². The zero-order chi connectivity index (χ0) is 20.5. The van der Waals surface area contributed by atoms with Crippen molar-refractivity contribution >= 4 is 38.9 Å². The Morgan fingerprint density at radius 1 is 0.933 bits per heavy atom. The van der Waals surface area contributed by atoms with Crippen LogP contribution in [0.3, 0.4) is 0 Å². The molecule has 2 heterocycles. The number of urea groups is 1. The largest absolute Gasteiger partial charge is 0.327 e. The molecule has 6 heteroatoms. The molecule has 30 heavy (non-hydrogen) atoms. The molecule has 1 aliphatic rings. The van der Waals surface area contributed by atoms with Crippen LogP contribution in [0, 0.1) is 11.3 Å². The number of para-hydroxylation sites is 1. The second-order valence-electron chi connectivity index (χ2n) is 6.91. The lowest BCUT2D eigenvalue weighted by molar-refractivity contribution is 0.242. The second-order valence-corrected chi connectivity index (χ2v) is 7.94.